The van der Waals surface area contributed by atoms with Crippen molar-refractivity contribution >= 4 is 55.7 Å². The van der Waals surface area contributed by atoms with Gasteiger partial charge in [0.05, 0.1) is 24.0 Å². The third-order valence-corrected chi connectivity index (χ3v) is 9.82. The summed E-state index contributed by atoms with van der Waals surface area (Å²) < 4.78 is 34.2. The average Bonchev–Trinajstić information content (AvgIpc) is 2.95. The summed E-state index contributed by atoms with van der Waals surface area (Å²) in [5.74, 6) is -0.101. The molecule has 0 radical (unpaired) electrons. The van der Waals surface area contributed by atoms with Crippen molar-refractivity contribution in [1.29, 1.82) is 0 Å². The first kappa shape index (κ1) is 38.0. The van der Waals surface area contributed by atoms with Crippen molar-refractivity contribution in [2.24, 2.45) is 0 Å². The molecule has 5 N–H and O–H groups in total. The van der Waals surface area contributed by atoms with E-state index in [0.29, 0.717) is 34.2 Å². The van der Waals surface area contributed by atoms with E-state index in [-0.39, 0.29) is 24.3 Å². The number of hydrogen-bond acceptors (Lipinski definition) is 6. The SMILES string of the molecule is CP(=O)(O)Cc1cccc2ccc[n+]([O-])c12.Cc1cc(C)c2c(c1)CC(=O)C=C2CP(=O)(O)O.O=P(O)(O)Cc1cccc2cccnc12. The lowest BCUT2D eigenvalue weighted by atomic mass is 9.86. The molecule has 3 aromatic carbocycles. The zero-order valence-electron chi connectivity index (χ0n) is 27.0. The van der Waals surface area contributed by atoms with Crippen LogP contribution in [0, 0.1) is 19.1 Å². The number of carbonyl (C=O) groups is 1. The largest absolute Gasteiger partial charge is 0.618 e. The highest BCUT2D eigenvalue weighted by Gasteiger charge is 2.25. The lowest BCUT2D eigenvalue weighted by molar-refractivity contribution is -0.577. The minimum atomic E-state index is -4.17. The number of aromatic nitrogens is 2. The second-order valence-corrected chi connectivity index (χ2v) is 17.7. The molecule has 0 amide bonds. The van der Waals surface area contributed by atoms with Crippen LogP contribution in [-0.4, -0.2) is 48.1 Å². The van der Waals surface area contributed by atoms with Gasteiger partial charge in [0.15, 0.2) is 12.0 Å². The van der Waals surface area contributed by atoms with Crippen molar-refractivity contribution in [3.8, 4) is 0 Å². The van der Waals surface area contributed by atoms with Gasteiger partial charge in [-0.25, -0.2) is 0 Å². The van der Waals surface area contributed by atoms with Gasteiger partial charge in [0.25, 0.3) is 0 Å². The average molecular weight is 727 g/mol. The van der Waals surface area contributed by atoms with Crippen LogP contribution in [0.1, 0.15) is 33.4 Å². The highest BCUT2D eigenvalue weighted by Crippen LogP contribution is 2.43. The smallest absolute Gasteiger partial charge is 0.329 e. The van der Waals surface area contributed by atoms with Crippen molar-refractivity contribution < 1.29 is 47.7 Å². The molecule has 0 saturated carbocycles. The van der Waals surface area contributed by atoms with E-state index in [1.807, 2.05) is 50.2 Å². The normalized spacial score (nSPS) is 14.1. The van der Waals surface area contributed by atoms with Crippen LogP contribution in [0.25, 0.3) is 27.4 Å². The molecule has 1 unspecified atom stereocenters. The van der Waals surface area contributed by atoms with Crippen LogP contribution in [0.2, 0.25) is 0 Å². The Morgan fingerprint density at radius 2 is 1.41 bits per heavy atom. The maximum Gasteiger partial charge on any atom is 0.329 e. The molecule has 258 valence electrons. The number of aryl methyl sites for hydroxylation is 2. The predicted molar refractivity (Wildman–Crippen MR) is 189 cm³/mol. The number of allylic oxidation sites excluding steroid dienone is 2. The van der Waals surface area contributed by atoms with Crippen LogP contribution in [0.5, 0.6) is 0 Å². The maximum atomic E-state index is 11.6. The van der Waals surface area contributed by atoms with Crippen molar-refractivity contribution in [3.63, 3.8) is 0 Å². The lowest BCUT2D eigenvalue weighted by Gasteiger charge is -2.20. The number of fused-ring (bicyclic) bond motifs is 3. The Morgan fingerprint density at radius 1 is 0.796 bits per heavy atom. The molecule has 49 heavy (non-hydrogen) atoms. The Hall–Kier alpha value is -3.82. The quantitative estimate of drug-likeness (QED) is 0.0805. The van der Waals surface area contributed by atoms with Gasteiger partial charge >= 0.3 is 15.2 Å². The summed E-state index contributed by atoms with van der Waals surface area (Å²) >= 11 is 0. The van der Waals surface area contributed by atoms with Crippen LogP contribution in [0.3, 0.4) is 0 Å². The van der Waals surface area contributed by atoms with Crippen molar-refractivity contribution in [3.05, 3.63) is 130 Å². The fourth-order valence-electron chi connectivity index (χ4n) is 5.78. The molecule has 12 nitrogen and oxygen atoms in total. The lowest BCUT2D eigenvalue weighted by Crippen LogP contribution is -2.27. The van der Waals surface area contributed by atoms with Gasteiger partial charge in [-0.05, 0) is 65.9 Å². The predicted octanol–water partition coefficient (Wildman–Crippen LogP) is 5.78. The molecule has 1 aliphatic rings. The minimum Gasteiger partial charge on any atom is -0.618 e. The van der Waals surface area contributed by atoms with E-state index in [1.165, 1.54) is 18.9 Å². The second-order valence-electron chi connectivity index (χ2n) is 12.0. The number of hydrogen-bond donors (Lipinski definition) is 5. The maximum absolute atomic E-state index is 11.6. The first-order chi connectivity index (χ1) is 22.8. The Morgan fingerprint density at radius 3 is 2.06 bits per heavy atom. The van der Waals surface area contributed by atoms with Crippen LogP contribution < -0.4 is 4.73 Å². The molecule has 15 heteroatoms. The van der Waals surface area contributed by atoms with Crippen molar-refractivity contribution in [1.82, 2.24) is 4.98 Å². The minimum absolute atomic E-state index is 0.0244. The Labute approximate surface area is 283 Å². The van der Waals surface area contributed by atoms with E-state index < -0.39 is 22.6 Å². The van der Waals surface area contributed by atoms with Crippen molar-refractivity contribution in [2.45, 2.75) is 32.6 Å². The zero-order chi connectivity index (χ0) is 36.1. The van der Waals surface area contributed by atoms with Crippen LogP contribution in [0.4, 0.5) is 0 Å². The van der Waals surface area contributed by atoms with Gasteiger partial charge in [-0.15, -0.1) is 0 Å². The standard InChI is InChI=1S/C13H15O4P.C11H12NO3P.C10H10NO3P/c1-8-3-9(2)13-10(4-8)5-12(14)6-11(13)7-18(15,16)17;1-16(14,15)8-10-5-2-4-9-6-3-7-12(13)11(9)10;12-15(13,14)7-9-4-1-3-8-5-2-6-11-10(8)9/h3-4,6H,5,7H2,1-2H3,(H2,15,16,17);2-7H,8H2,1H3,(H,14,15);1-6H,7H2,(H2,12,13,14). The van der Waals surface area contributed by atoms with E-state index in [9.17, 15) is 28.6 Å². The molecule has 2 heterocycles. The summed E-state index contributed by atoms with van der Waals surface area (Å²) in [7, 11) is -11.4. The fraction of sp³-hybridized carbons (Fsp3) is 0.206. The monoisotopic (exact) mass is 726 g/mol. The first-order valence-corrected chi connectivity index (χ1v) is 20.8. The zero-order valence-corrected chi connectivity index (χ0v) is 29.7. The van der Waals surface area contributed by atoms with E-state index >= 15 is 0 Å². The number of nitrogens with zero attached hydrogens (tertiary/aromatic N) is 2. The topological polar surface area (TPSA) is 209 Å². The van der Waals surface area contributed by atoms with Gasteiger partial charge in [-0.2, -0.15) is 4.73 Å². The summed E-state index contributed by atoms with van der Waals surface area (Å²) in [5.41, 5.74) is 6.47. The van der Waals surface area contributed by atoms with E-state index in [0.717, 1.165) is 37.8 Å². The summed E-state index contributed by atoms with van der Waals surface area (Å²) in [5, 5.41) is 13.3. The number of ketones is 1. The molecule has 0 saturated heterocycles. The van der Waals surface area contributed by atoms with Gasteiger partial charge in [0.2, 0.25) is 12.9 Å². The number of benzene rings is 3. The van der Waals surface area contributed by atoms with Crippen LogP contribution in [0.15, 0.2) is 91.3 Å². The van der Waals surface area contributed by atoms with E-state index in [4.69, 9.17) is 19.6 Å². The number of pyridine rings is 2. The number of carbonyl (C=O) groups excluding carboxylic acids is 1. The fourth-order valence-corrected chi connectivity index (χ4v) is 8.06. The van der Waals surface area contributed by atoms with Crippen LogP contribution >= 0.6 is 22.6 Å². The molecule has 5 aromatic rings. The van der Waals surface area contributed by atoms with E-state index in [1.54, 1.807) is 42.6 Å². The summed E-state index contributed by atoms with van der Waals surface area (Å²) in [6.07, 6.45) is 4.06. The van der Waals surface area contributed by atoms with Gasteiger partial charge in [-0.3, -0.25) is 23.5 Å². The number of para-hydroxylation sites is 2. The molecule has 0 spiro atoms. The molecule has 6 rings (SSSR count). The molecule has 0 aliphatic heterocycles. The third kappa shape index (κ3) is 11.1. The van der Waals surface area contributed by atoms with Gasteiger partial charge in [0.1, 0.15) is 0 Å². The Kier molecular flexibility index (Phi) is 11.9. The first-order valence-electron chi connectivity index (χ1n) is 14.9. The van der Waals surface area contributed by atoms with Crippen LogP contribution in [-0.2, 0) is 37.2 Å². The second kappa shape index (κ2) is 15.4. The Balaban J connectivity index is 0.000000166. The Bertz CT molecular complexity index is 2190. The molecular weight excluding hydrogens is 689 g/mol. The summed E-state index contributed by atoms with van der Waals surface area (Å²) in [6, 6.07) is 21.6. The molecular formula is C34H37N2O10P3. The highest BCUT2D eigenvalue weighted by atomic mass is 31.2. The molecule has 1 aliphatic carbocycles. The molecule has 2 aromatic heterocycles. The molecule has 0 bridgehead atoms. The van der Waals surface area contributed by atoms with Gasteiger partial charge < -0.3 is 29.7 Å². The highest BCUT2D eigenvalue weighted by molar-refractivity contribution is 7.56. The summed E-state index contributed by atoms with van der Waals surface area (Å²) in [4.78, 5) is 61.1. The summed E-state index contributed by atoms with van der Waals surface area (Å²) in [6.45, 7) is 5.14. The van der Waals surface area contributed by atoms with E-state index in [2.05, 4.69) is 4.98 Å². The molecule has 0 fully saturated rings. The van der Waals surface area contributed by atoms with Gasteiger partial charge in [-0.1, -0.05) is 54.1 Å². The van der Waals surface area contributed by atoms with Crippen molar-refractivity contribution in [2.75, 3.05) is 12.8 Å². The van der Waals surface area contributed by atoms with Gasteiger partial charge in [0, 0.05) is 41.7 Å². The third-order valence-electron chi connectivity index (χ3n) is 7.38. The number of rotatable bonds is 6. The molecule has 1 atom stereocenters.